The van der Waals surface area contributed by atoms with E-state index < -0.39 is 4.87 Å². The molecule has 1 heterocycles. The van der Waals surface area contributed by atoms with Gasteiger partial charge in [0.2, 0.25) is 5.91 Å². The van der Waals surface area contributed by atoms with Crippen molar-refractivity contribution in [2.24, 2.45) is 5.92 Å². The van der Waals surface area contributed by atoms with Gasteiger partial charge in [-0.15, -0.1) is 11.6 Å². The van der Waals surface area contributed by atoms with Crippen LogP contribution in [0.1, 0.15) is 32.6 Å². The Kier molecular flexibility index (Phi) is 3.75. The number of carbonyl (C=O) groups excluding carboxylic acids is 1. The number of alkyl halides is 1. The number of halogens is 1. The molecule has 1 saturated heterocycles. The van der Waals surface area contributed by atoms with Crippen LogP contribution in [0.3, 0.4) is 0 Å². The lowest BCUT2D eigenvalue weighted by atomic mass is 9.78. The Balaban J connectivity index is 2.05. The van der Waals surface area contributed by atoms with Gasteiger partial charge in [-0.05, 0) is 18.8 Å². The highest BCUT2D eigenvalue weighted by Gasteiger charge is 2.45. The summed E-state index contributed by atoms with van der Waals surface area (Å²) in [6.45, 7) is 4.78. The Labute approximate surface area is 102 Å². The van der Waals surface area contributed by atoms with Crippen molar-refractivity contribution in [2.75, 3.05) is 26.3 Å². The summed E-state index contributed by atoms with van der Waals surface area (Å²) in [4.78, 5) is 13.7. The molecule has 1 saturated carbocycles. The van der Waals surface area contributed by atoms with Crippen molar-refractivity contribution in [1.29, 1.82) is 0 Å². The normalized spacial score (nSPS) is 36.1. The molecular formula is C12H20ClNO2. The first-order chi connectivity index (χ1) is 7.64. The highest BCUT2D eigenvalue weighted by atomic mass is 35.5. The molecule has 2 atom stereocenters. The van der Waals surface area contributed by atoms with Crippen LogP contribution in [0, 0.1) is 5.92 Å². The summed E-state index contributed by atoms with van der Waals surface area (Å²) >= 11 is 6.58. The lowest BCUT2D eigenvalue weighted by Gasteiger charge is -2.40. The van der Waals surface area contributed by atoms with Crippen LogP contribution >= 0.6 is 11.6 Å². The van der Waals surface area contributed by atoms with Gasteiger partial charge in [0.05, 0.1) is 13.2 Å². The number of morpholine rings is 1. The van der Waals surface area contributed by atoms with Gasteiger partial charge in [0, 0.05) is 13.1 Å². The maximum atomic E-state index is 12.4. The minimum absolute atomic E-state index is 0.129. The molecule has 2 fully saturated rings. The van der Waals surface area contributed by atoms with E-state index in [4.69, 9.17) is 16.3 Å². The Hall–Kier alpha value is -0.280. The molecule has 0 aromatic carbocycles. The van der Waals surface area contributed by atoms with E-state index in [-0.39, 0.29) is 5.91 Å². The van der Waals surface area contributed by atoms with E-state index in [1.54, 1.807) is 0 Å². The van der Waals surface area contributed by atoms with E-state index in [0.29, 0.717) is 32.2 Å². The maximum absolute atomic E-state index is 12.4. The Morgan fingerprint density at radius 1 is 1.38 bits per heavy atom. The van der Waals surface area contributed by atoms with E-state index in [1.807, 2.05) is 4.90 Å². The van der Waals surface area contributed by atoms with E-state index in [1.165, 1.54) is 6.42 Å². The summed E-state index contributed by atoms with van der Waals surface area (Å²) in [5.74, 6) is 0.419. The molecule has 4 heteroatoms. The van der Waals surface area contributed by atoms with Gasteiger partial charge in [0.15, 0.2) is 0 Å². The second-order valence-corrected chi connectivity index (χ2v) is 5.59. The van der Waals surface area contributed by atoms with Crippen LogP contribution < -0.4 is 0 Å². The third-order valence-electron chi connectivity index (χ3n) is 3.86. The summed E-state index contributed by atoms with van der Waals surface area (Å²) in [5.41, 5.74) is 0. The van der Waals surface area contributed by atoms with Crippen molar-refractivity contribution in [3.05, 3.63) is 0 Å². The summed E-state index contributed by atoms with van der Waals surface area (Å²) in [6.07, 6.45) is 4.17. The predicted molar refractivity (Wildman–Crippen MR) is 63.6 cm³/mol. The number of hydrogen-bond donors (Lipinski definition) is 0. The first-order valence-corrected chi connectivity index (χ1v) is 6.58. The molecule has 1 aliphatic heterocycles. The van der Waals surface area contributed by atoms with Gasteiger partial charge in [0.25, 0.3) is 0 Å². The lowest BCUT2D eigenvalue weighted by molar-refractivity contribution is -0.140. The second kappa shape index (κ2) is 4.92. The average molecular weight is 246 g/mol. The van der Waals surface area contributed by atoms with Crippen molar-refractivity contribution in [3.8, 4) is 0 Å². The SMILES string of the molecule is CC1CCCCC1(Cl)C(=O)N1CCOCC1. The Morgan fingerprint density at radius 3 is 2.69 bits per heavy atom. The molecule has 0 N–H and O–H groups in total. The zero-order valence-corrected chi connectivity index (χ0v) is 10.6. The molecule has 1 aliphatic carbocycles. The third kappa shape index (κ3) is 2.21. The zero-order chi connectivity index (χ0) is 11.6. The van der Waals surface area contributed by atoms with Gasteiger partial charge in [-0.25, -0.2) is 0 Å². The monoisotopic (exact) mass is 245 g/mol. The first kappa shape index (κ1) is 12.2. The fraction of sp³-hybridized carbons (Fsp3) is 0.917. The number of hydrogen-bond acceptors (Lipinski definition) is 2. The molecule has 0 aromatic heterocycles. The first-order valence-electron chi connectivity index (χ1n) is 6.20. The fourth-order valence-electron chi connectivity index (χ4n) is 2.65. The fourth-order valence-corrected chi connectivity index (χ4v) is 3.02. The molecule has 0 aromatic rings. The number of rotatable bonds is 1. The van der Waals surface area contributed by atoms with Gasteiger partial charge in [-0.1, -0.05) is 19.8 Å². The zero-order valence-electron chi connectivity index (χ0n) is 9.88. The van der Waals surface area contributed by atoms with Crippen molar-refractivity contribution in [2.45, 2.75) is 37.5 Å². The third-order valence-corrected chi connectivity index (χ3v) is 4.59. The van der Waals surface area contributed by atoms with Gasteiger partial charge in [0.1, 0.15) is 4.87 Å². The molecule has 2 aliphatic rings. The van der Waals surface area contributed by atoms with Gasteiger partial charge in [-0.3, -0.25) is 4.79 Å². The van der Waals surface area contributed by atoms with Gasteiger partial charge < -0.3 is 9.64 Å². The van der Waals surface area contributed by atoms with Crippen molar-refractivity contribution >= 4 is 17.5 Å². The van der Waals surface area contributed by atoms with Crippen LogP contribution in [0.25, 0.3) is 0 Å². The predicted octanol–water partition coefficient (Wildman–Crippen LogP) is 2.03. The van der Waals surface area contributed by atoms with Crippen LogP contribution in [-0.4, -0.2) is 42.0 Å². The Bertz CT molecular complexity index is 266. The highest BCUT2D eigenvalue weighted by Crippen LogP contribution is 2.40. The van der Waals surface area contributed by atoms with E-state index in [9.17, 15) is 4.79 Å². The van der Waals surface area contributed by atoms with Crippen LogP contribution in [-0.2, 0) is 9.53 Å². The number of ether oxygens (including phenoxy) is 1. The largest absolute Gasteiger partial charge is 0.378 e. The van der Waals surface area contributed by atoms with E-state index in [2.05, 4.69) is 6.92 Å². The summed E-state index contributed by atoms with van der Waals surface area (Å²) in [5, 5.41) is 0. The van der Waals surface area contributed by atoms with Crippen LogP contribution in [0.4, 0.5) is 0 Å². The molecule has 0 radical (unpaired) electrons. The molecule has 0 bridgehead atoms. The molecule has 2 rings (SSSR count). The van der Waals surface area contributed by atoms with Crippen LogP contribution in [0.15, 0.2) is 0 Å². The topological polar surface area (TPSA) is 29.5 Å². The molecule has 0 spiro atoms. The summed E-state index contributed by atoms with van der Waals surface area (Å²) < 4.78 is 5.26. The Morgan fingerprint density at radius 2 is 2.06 bits per heavy atom. The molecule has 16 heavy (non-hydrogen) atoms. The van der Waals surface area contributed by atoms with Crippen LogP contribution in [0.5, 0.6) is 0 Å². The summed E-state index contributed by atoms with van der Waals surface area (Å²) in [6, 6.07) is 0. The van der Waals surface area contributed by atoms with E-state index >= 15 is 0 Å². The second-order valence-electron chi connectivity index (χ2n) is 4.91. The van der Waals surface area contributed by atoms with Crippen molar-refractivity contribution in [3.63, 3.8) is 0 Å². The van der Waals surface area contributed by atoms with Gasteiger partial charge >= 0.3 is 0 Å². The van der Waals surface area contributed by atoms with E-state index in [0.717, 1.165) is 19.3 Å². The van der Waals surface area contributed by atoms with Gasteiger partial charge in [-0.2, -0.15) is 0 Å². The van der Waals surface area contributed by atoms with Crippen LogP contribution in [0.2, 0.25) is 0 Å². The molecule has 1 amide bonds. The number of nitrogens with zero attached hydrogens (tertiary/aromatic N) is 1. The lowest BCUT2D eigenvalue weighted by Crippen LogP contribution is -2.53. The quantitative estimate of drug-likeness (QED) is 0.662. The molecular weight excluding hydrogens is 226 g/mol. The smallest absolute Gasteiger partial charge is 0.244 e. The molecule has 2 unspecified atom stereocenters. The standard InChI is InChI=1S/C12H20ClNO2/c1-10-4-2-3-5-12(10,13)11(15)14-6-8-16-9-7-14/h10H,2-9H2,1H3. The number of carbonyl (C=O) groups is 1. The minimum Gasteiger partial charge on any atom is -0.378 e. The number of amides is 1. The van der Waals surface area contributed by atoms with Crippen molar-refractivity contribution < 1.29 is 9.53 Å². The minimum atomic E-state index is -0.643. The average Bonchev–Trinajstić information content (AvgIpc) is 2.33. The summed E-state index contributed by atoms with van der Waals surface area (Å²) in [7, 11) is 0. The molecule has 3 nitrogen and oxygen atoms in total. The molecule has 92 valence electrons. The maximum Gasteiger partial charge on any atom is 0.244 e. The van der Waals surface area contributed by atoms with Crippen molar-refractivity contribution in [1.82, 2.24) is 4.90 Å². The highest BCUT2D eigenvalue weighted by molar-refractivity contribution is 6.35.